The van der Waals surface area contributed by atoms with Crippen molar-refractivity contribution in [2.75, 3.05) is 0 Å². The Morgan fingerprint density at radius 1 is 1.15 bits per heavy atom. The molecule has 1 nitrogen and oxygen atoms in total. The molecule has 0 fully saturated rings. The lowest BCUT2D eigenvalue weighted by Crippen LogP contribution is -1.84. The van der Waals surface area contributed by atoms with E-state index in [9.17, 15) is 0 Å². The number of aryl methyl sites for hydroxylation is 2. The van der Waals surface area contributed by atoms with Crippen molar-refractivity contribution in [1.29, 1.82) is 0 Å². The van der Waals surface area contributed by atoms with Crippen molar-refractivity contribution in [3.63, 3.8) is 0 Å². The maximum atomic E-state index is 6.00. The van der Waals surface area contributed by atoms with Gasteiger partial charge in [0.05, 0.1) is 5.52 Å². The van der Waals surface area contributed by atoms with Crippen molar-refractivity contribution in [1.82, 2.24) is 4.98 Å². The van der Waals surface area contributed by atoms with Crippen molar-refractivity contribution in [2.24, 2.45) is 0 Å². The van der Waals surface area contributed by atoms with Gasteiger partial charge in [-0.3, -0.25) is 4.98 Å². The number of benzene rings is 1. The molecule has 0 unspecified atom stereocenters. The van der Waals surface area contributed by atoms with Crippen LogP contribution in [0.4, 0.5) is 0 Å². The van der Waals surface area contributed by atoms with Crippen LogP contribution in [0.15, 0.2) is 24.3 Å². The summed E-state index contributed by atoms with van der Waals surface area (Å²) in [5, 5.41) is 1.90. The third kappa shape index (κ3) is 1.52. The molecule has 2 heteroatoms. The van der Waals surface area contributed by atoms with E-state index in [1.165, 1.54) is 0 Å². The first kappa shape index (κ1) is 8.52. The zero-order valence-corrected chi connectivity index (χ0v) is 8.39. The van der Waals surface area contributed by atoms with Crippen molar-refractivity contribution < 1.29 is 0 Å². The molecule has 0 saturated carbocycles. The predicted octanol–water partition coefficient (Wildman–Crippen LogP) is 3.51. The number of pyridine rings is 1. The maximum absolute atomic E-state index is 6.00. The summed E-state index contributed by atoms with van der Waals surface area (Å²) < 4.78 is 0. The summed E-state index contributed by atoms with van der Waals surface area (Å²) in [7, 11) is 0. The minimum Gasteiger partial charge on any atom is -0.253 e. The molecular formula is C11H10ClN. The average molecular weight is 192 g/mol. The van der Waals surface area contributed by atoms with Crippen LogP contribution in [0.2, 0.25) is 5.02 Å². The second-order valence-electron chi connectivity index (χ2n) is 3.25. The van der Waals surface area contributed by atoms with Crippen LogP contribution in [-0.2, 0) is 0 Å². The Morgan fingerprint density at radius 2 is 1.92 bits per heavy atom. The van der Waals surface area contributed by atoms with Crippen molar-refractivity contribution >= 4 is 22.5 Å². The van der Waals surface area contributed by atoms with Gasteiger partial charge in [0, 0.05) is 16.1 Å². The second kappa shape index (κ2) is 3.00. The fourth-order valence-corrected chi connectivity index (χ4v) is 1.52. The molecule has 13 heavy (non-hydrogen) atoms. The zero-order valence-electron chi connectivity index (χ0n) is 7.63. The van der Waals surface area contributed by atoms with Crippen LogP contribution in [0.25, 0.3) is 10.9 Å². The number of hydrogen-bond donors (Lipinski definition) is 0. The normalized spacial score (nSPS) is 10.7. The van der Waals surface area contributed by atoms with Crippen molar-refractivity contribution in [2.45, 2.75) is 13.8 Å². The Hall–Kier alpha value is -1.08. The highest BCUT2D eigenvalue weighted by Crippen LogP contribution is 2.22. The summed E-state index contributed by atoms with van der Waals surface area (Å²) >= 11 is 6.00. The van der Waals surface area contributed by atoms with E-state index in [2.05, 4.69) is 4.98 Å². The Morgan fingerprint density at radius 3 is 2.69 bits per heavy atom. The lowest BCUT2D eigenvalue weighted by molar-refractivity contribution is 1.25. The maximum Gasteiger partial charge on any atom is 0.0708 e. The van der Waals surface area contributed by atoms with Crippen LogP contribution in [0.1, 0.15) is 11.3 Å². The smallest absolute Gasteiger partial charge is 0.0708 e. The van der Waals surface area contributed by atoms with Gasteiger partial charge < -0.3 is 0 Å². The lowest BCUT2D eigenvalue weighted by Gasteiger charge is -2.02. The van der Waals surface area contributed by atoms with Crippen molar-refractivity contribution in [3.8, 4) is 0 Å². The highest BCUT2D eigenvalue weighted by Gasteiger charge is 1.99. The van der Waals surface area contributed by atoms with Gasteiger partial charge in [0.2, 0.25) is 0 Å². The van der Waals surface area contributed by atoms with E-state index in [1.54, 1.807) is 0 Å². The molecule has 2 rings (SSSR count). The number of fused-ring (bicyclic) bond motifs is 1. The Bertz CT molecular complexity index is 463. The molecule has 1 aromatic heterocycles. The standard InChI is InChI=1S/C11H10ClN/c1-7-5-11-9(6-10(7)12)4-3-8(2)13-11/h3-6H,1-2H3. The summed E-state index contributed by atoms with van der Waals surface area (Å²) in [5.74, 6) is 0. The van der Waals surface area contributed by atoms with Crippen LogP contribution < -0.4 is 0 Å². The third-order valence-electron chi connectivity index (χ3n) is 2.11. The monoisotopic (exact) mass is 191 g/mol. The topological polar surface area (TPSA) is 12.9 Å². The Kier molecular flexibility index (Phi) is 1.97. The van der Waals surface area contributed by atoms with Gasteiger partial charge in [-0.1, -0.05) is 17.7 Å². The minimum absolute atomic E-state index is 0.804. The quantitative estimate of drug-likeness (QED) is 0.621. The molecule has 1 aromatic carbocycles. The molecular weight excluding hydrogens is 182 g/mol. The predicted molar refractivity (Wildman–Crippen MR) is 56.2 cm³/mol. The third-order valence-corrected chi connectivity index (χ3v) is 2.52. The van der Waals surface area contributed by atoms with Crippen LogP contribution in [-0.4, -0.2) is 4.98 Å². The molecule has 0 atom stereocenters. The molecule has 0 aliphatic heterocycles. The summed E-state index contributed by atoms with van der Waals surface area (Å²) in [6, 6.07) is 8.01. The first-order valence-electron chi connectivity index (χ1n) is 4.20. The highest BCUT2D eigenvalue weighted by molar-refractivity contribution is 6.32. The van der Waals surface area contributed by atoms with Crippen LogP contribution in [0.3, 0.4) is 0 Å². The molecule has 0 spiro atoms. The minimum atomic E-state index is 0.804. The summed E-state index contributed by atoms with van der Waals surface area (Å²) in [6.45, 7) is 3.98. The fraction of sp³-hybridized carbons (Fsp3) is 0.182. The zero-order chi connectivity index (χ0) is 9.42. The molecule has 0 radical (unpaired) electrons. The Balaban J connectivity index is 2.81. The molecule has 0 aliphatic carbocycles. The van der Waals surface area contributed by atoms with E-state index >= 15 is 0 Å². The Labute approximate surface area is 82.4 Å². The highest BCUT2D eigenvalue weighted by atomic mass is 35.5. The number of halogens is 1. The number of nitrogens with zero attached hydrogens (tertiary/aromatic N) is 1. The first-order chi connectivity index (χ1) is 6.16. The summed E-state index contributed by atoms with van der Waals surface area (Å²) in [6.07, 6.45) is 0. The van der Waals surface area contributed by atoms with E-state index in [0.29, 0.717) is 0 Å². The van der Waals surface area contributed by atoms with Gasteiger partial charge in [-0.05, 0) is 37.6 Å². The van der Waals surface area contributed by atoms with Gasteiger partial charge in [0.15, 0.2) is 0 Å². The largest absolute Gasteiger partial charge is 0.253 e. The second-order valence-corrected chi connectivity index (χ2v) is 3.65. The molecule has 0 amide bonds. The van der Waals surface area contributed by atoms with Gasteiger partial charge in [-0.15, -0.1) is 0 Å². The van der Waals surface area contributed by atoms with Gasteiger partial charge in [-0.25, -0.2) is 0 Å². The van der Waals surface area contributed by atoms with E-state index < -0.39 is 0 Å². The van der Waals surface area contributed by atoms with E-state index in [1.807, 2.05) is 38.1 Å². The first-order valence-corrected chi connectivity index (χ1v) is 4.58. The van der Waals surface area contributed by atoms with E-state index in [0.717, 1.165) is 27.2 Å². The molecule has 0 N–H and O–H groups in total. The molecule has 0 saturated heterocycles. The number of rotatable bonds is 0. The molecule has 2 aromatic rings. The van der Waals surface area contributed by atoms with Gasteiger partial charge >= 0.3 is 0 Å². The van der Waals surface area contributed by atoms with E-state index in [-0.39, 0.29) is 0 Å². The average Bonchev–Trinajstić information content (AvgIpc) is 2.08. The van der Waals surface area contributed by atoms with Crippen LogP contribution >= 0.6 is 11.6 Å². The molecule has 66 valence electrons. The van der Waals surface area contributed by atoms with Crippen LogP contribution in [0.5, 0.6) is 0 Å². The lowest BCUT2D eigenvalue weighted by atomic mass is 10.1. The fourth-order valence-electron chi connectivity index (χ4n) is 1.35. The number of aromatic nitrogens is 1. The van der Waals surface area contributed by atoms with Gasteiger partial charge in [0.25, 0.3) is 0 Å². The SMILES string of the molecule is Cc1ccc2cc(Cl)c(C)cc2n1. The molecule has 0 bridgehead atoms. The van der Waals surface area contributed by atoms with Gasteiger partial charge in [-0.2, -0.15) is 0 Å². The van der Waals surface area contributed by atoms with Crippen molar-refractivity contribution in [3.05, 3.63) is 40.5 Å². The molecule has 0 aliphatic rings. The summed E-state index contributed by atoms with van der Waals surface area (Å²) in [4.78, 5) is 4.42. The summed E-state index contributed by atoms with van der Waals surface area (Å²) in [5.41, 5.74) is 3.13. The molecule has 1 heterocycles. The van der Waals surface area contributed by atoms with Crippen LogP contribution in [0, 0.1) is 13.8 Å². The van der Waals surface area contributed by atoms with E-state index in [4.69, 9.17) is 11.6 Å². The van der Waals surface area contributed by atoms with Gasteiger partial charge in [0.1, 0.15) is 0 Å². The number of hydrogen-bond acceptors (Lipinski definition) is 1.